The van der Waals surface area contributed by atoms with Crippen LogP contribution in [0, 0.1) is 0 Å². The average molecular weight is 511 g/mol. The molecule has 0 fully saturated rings. The van der Waals surface area contributed by atoms with E-state index in [-0.39, 0.29) is 5.91 Å². The van der Waals surface area contributed by atoms with Crippen LogP contribution >= 0.6 is 0 Å². The van der Waals surface area contributed by atoms with Crippen LogP contribution in [0.2, 0.25) is 0 Å². The van der Waals surface area contributed by atoms with Crippen LogP contribution in [0.5, 0.6) is 5.75 Å². The third-order valence-corrected chi connectivity index (χ3v) is 4.99. The zero-order valence-electron chi connectivity index (χ0n) is 20.1. The van der Waals surface area contributed by atoms with E-state index < -0.39 is 18.2 Å². The Bertz CT molecular complexity index is 1160. The van der Waals surface area contributed by atoms with E-state index in [1.165, 1.54) is 0 Å². The van der Waals surface area contributed by atoms with Crippen molar-refractivity contribution in [3.63, 3.8) is 0 Å². The highest BCUT2D eigenvalue weighted by Gasteiger charge is 2.38. The molecule has 12 heteroatoms. The van der Waals surface area contributed by atoms with E-state index in [1.807, 2.05) is 31.2 Å². The van der Waals surface area contributed by atoms with Crippen LogP contribution in [0.25, 0.3) is 22.2 Å². The van der Waals surface area contributed by atoms with E-state index >= 15 is 0 Å². The summed E-state index contributed by atoms with van der Waals surface area (Å²) in [6.07, 6.45) is -5.08. The second kappa shape index (κ2) is 12.9. The Kier molecular flexibility index (Phi) is 10.2. The molecule has 36 heavy (non-hydrogen) atoms. The zero-order chi connectivity index (χ0) is 26.9. The van der Waals surface area contributed by atoms with Gasteiger partial charge in [0.05, 0.1) is 37.3 Å². The summed E-state index contributed by atoms with van der Waals surface area (Å²) in [5.41, 5.74) is 9.69. The molecule has 9 nitrogen and oxygen atoms in total. The van der Waals surface area contributed by atoms with Crippen LogP contribution in [0.4, 0.5) is 13.2 Å². The second-order valence-corrected chi connectivity index (χ2v) is 7.62. The fourth-order valence-electron chi connectivity index (χ4n) is 3.15. The number of carboxylic acid groups (broad SMARTS) is 1. The molecule has 0 unspecified atom stereocenters. The molecule has 0 aliphatic heterocycles. The van der Waals surface area contributed by atoms with E-state index in [4.69, 9.17) is 30.1 Å². The number of nitrogens with zero attached hydrogens (tertiary/aromatic N) is 2. The van der Waals surface area contributed by atoms with E-state index in [9.17, 15) is 18.0 Å². The summed E-state index contributed by atoms with van der Waals surface area (Å²) in [5.74, 6) is -1.36. The van der Waals surface area contributed by atoms with Crippen molar-refractivity contribution in [1.29, 1.82) is 0 Å². The number of carbonyl (C=O) groups is 2. The SMILES string of the molecule is CCOCCn1c(CNC(=O)[C@H](C)N)nc2cc(-c3ccc(OC)cc3)ccc21.O=C(O)C(F)(F)F. The van der Waals surface area contributed by atoms with E-state index in [0.717, 1.165) is 33.7 Å². The highest BCUT2D eigenvalue weighted by atomic mass is 19.4. The Labute approximate surface area is 206 Å². The highest BCUT2D eigenvalue weighted by molar-refractivity contribution is 5.83. The number of hydrogen-bond donors (Lipinski definition) is 3. The van der Waals surface area contributed by atoms with Crippen LogP contribution < -0.4 is 15.8 Å². The number of nitrogens with two attached hydrogens (primary N) is 1. The van der Waals surface area contributed by atoms with Gasteiger partial charge < -0.3 is 30.2 Å². The molecular formula is C24H29F3N4O5. The maximum Gasteiger partial charge on any atom is 0.490 e. The molecule has 196 valence electrons. The molecule has 0 aliphatic rings. The van der Waals surface area contributed by atoms with Crippen molar-refractivity contribution in [2.24, 2.45) is 5.73 Å². The standard InChI is InChI=1S/C22H28N4O3.C2HF3O2/c1-4-29-12-11-26-20-10-7-17(16-5-8-18(28-3)9-6-16)13-19(20)25-21(26)14-24-22(27)15(2)23;3-2(4,5)1(6)7/h5-10,13,15H,4,11-12,14,23H2,1-3H3,(H,24,27);(H,6,7)/t15-;/m0./s1. The van der Waals surface area contributed by atoms with Gasteiger partial charge in [0.15, 0.2) is 0 Å². The summed E-state index contributed by atoms with van der Waals surface area (Å²) >= 11 is 0. The van der Waals surface area contributed by atoms with Crippen LogP contribution in [0.15, 0.2) is 42.5 Å². The number of ether oxygens (including phenoxy) is 2. The Morgan fingerprint density at radius 1 is 1.17 bits per heavy atom. The number of amides is 1. The topological polar surface area (TPSA) is 129 Å². The maximum absolute atomic E-state index is 11.9. The molecule has 3 aromatic rings. The molecule has 0 bridgehead atoms. The number of imidazole rings is 1. The van der Waals surface area contributed by atoms with Crippen LogP contribution in [0.1, 0.15) is 19.7 Å². The summed E-state index contributed by atoms with van der Waals surface area (Å²) in [5, 5.41) is 9.97. The van der Waals surface area contributed by atoms with Gasteiger partial charge in [-0.25, -0.2) is 9.78 Å². The number of benzene rings is 2. The van der Waals surface area contributed by atoms with E-state index in [0.29, 0.717) is 26.3 Å². The molecule has 0 radical (unpaired) electrons. The molecule has 2 aromatic carbocycles. The molecule has 0 saturated heterocycles. The van der Waals surface area contributed by atoms with E-state index in [1.54, 1.807) is 14.0 Å². The minimum atomic E-state index is -5.08. The largest absolute Gasteiger partial charge is 0.497 e. The van der Waals surface area contributed by atoms with Crippen molar-refractivity contribution in [1.82, 2.24) is 14.9 Å². The van der Waals surface area contributed by atoms with Crippen LogP contribution in [0.3, 0.4) is 0 Å². The van der Waals surface area contributed by atoms with Gasteiger partial charge in [-0.2, -0.15) is 13.2 Å². The monoisotopic (exact) mass is 510 g/mol. The number of nitrogens with one attached hydrogen (secondary N) is 1. The first-order valence-corrected chi connectivity index (χ1v) is 11.0. The predicted molar refractivity (Wildman–Crippen MR) is 127 cm³/mol. The average Bonchev–Trinajstić information content (AvgIpc) is 3.19. The predicted octanol–water partition coefficient (Wildman–Crippen LogP) is 3.35. The van der Waals surface area contributed by atoms with Crippen LogP contribution in [-0.4, -0.2) is 59.1 Å². The molecule has 0 spiro atoms. The minimum Gasteiger partial charge on any atom is -0.497 e. The first-order chi connectivity index (χ1) is 17.0. The van der Waals surface area contributed by atoms with Gasteiger partial charge in [-0.1, -0.05) is 18.2 Å². The number of rotatable bonds is 9. The summed E-state index contributed by atoms with van der Waals surface area (Å²) in [7, 11) is 1.65. The summed E-state index contributed by atoms with van der Waals surface area (Å²) < 4.78 is 44.6. The van der Waals surface area contributed by atoms with E-state index in [2.05, 4.69) is 28.1 Å². The minimum absolute atomic E-state index is 0.202. The van der Waals surface area contributed by atoms with Gasteiger partial charge in [0, 0.05) is 13.2 Å². The number of alkyl halides is 3. The molecule has 1 aromatic heterocycles. The van der Waals surface area contributed by atoms with Crippen LogP contribution in [-0.2, 0) is 27.4 Å². The lowest BCUT2D eigenvalue weighted by Crippen LogP contribution is -2.38. The molecule has 4 N–H and O–H groups in total. The fraction of sp³-hybridized carbons (Fsp3) is 0.375. The van der Waals surface area contributed by atoms with Crippen molar-refractivity contribution in [3.8, 4) is 16.9 Å². The third-order valence-electron chi connectivity index (χ3n) is 4.99. The smallest absolute Gasteiger partial charge is 0.490 e. The summed E-state index contributed by atoms with van der Waals surface area (Å²) in [6, 6.07) is 13.6. The maximum atomic E-state index is 11.9. The van der Waals surface area contributed by atoms with Crippen molar-refractivity contribution in [2.45, 2.75) is 39.2 Å². The van der Waals surface area contributed by atoms with Gasteiger partial charge in [-0.15, -0.1) is 0 Å². The quantitative estimate of drug-likeness (QED) is 0.377. The number of hydrogen-bond acceptors (Lipinski definition) is 6. The number of aromatic nitrogens is 2. The molecule has 0 saturated carbocycles. The Hall–Kier alpha value is -3.64. The Balaban J connectivity index is 0.000000572. The fourth-order valence-corrected chi connectivity index (χ4v) is 3.15. The van der Waals surface area contributed by atoms with Gasteiger partial charge in [0.2, 0.25) is 5.91 Å². The number of carboxylic acids is 1. The third kappa shape index (κ3) is 7.95. The van der Waals surface area contributed by atoms with Gasteiger partial charge >= 0.3 is 12.1 Å². The van der Waals surface area contributed by atoms with Crippen molar-refractivity contribution < 1.29 is 37.3 Å². The number of fused-ring (bicyclic) bond motifs is 1. The van der Waals surface area contributed by atoms with Gasteiger partial charge in [0.1, 0.15) is 11.6 Å². The number of halogens is 3. The molecule has 0 aliphatic carbocycles. The normalized spacial score (nSPS) is 12.0. The summed E-state index contributed by atoms with van der Waals surface area (Å²) in [6.45, 7) is 5.85. The van der Waals surface area contributed by atoms with Crippen molar-refractivity contribution in [2.75, 3.05) is 20.3 Å². The zero-order valence-corrected chi connectivity index (χ0v) is 20.1. The number of carbonyl (C=O) groups excluding carboxylic acids is 1. The lowest BCUT2D eigenvalue weighted by Gasteiger charge is -2.11. The molecular weight excluding hydrogens is 481 g/mol. The molecule has 3 rings (SSSR count). The van der Waals surface area contributed by atoms with Gasteiger partial charge in [-0.05, 0) is 49.2 Å². The highest BCUT2D eigenvalue weighted by Crippen LogP contribution is 2.27. The summed E-state index contributed by atoms with van der Waals surface area (Å²) in [4.78, 5) is 25.6. The Morgan fingerprint density at radius 2 is 1.78 bits per heavy atom. The number of methoxy groups -OCH3 is 1. The molecule has 1 heterocycles. The second-order valence-electron chi connectivity index (χ2n) is 7.62. The molecule has 1 atom stereocenters. The van der Waals surface area contributed by atoms with Gasteiger partial charge in [0.25, 0.3) is 0 Å². The first kappa shape index (κ1) is 28.6. The lowest BCUT2D eigenvalue weighted by molar-refractivity contribution is -0.192. The number of aliphatic carboxylic acids is 1. The lowest BCUT2D eigenvalue weighted by atomic mass is 10.1. The van der Waals surface area contributed by atoms with Crippen molar-refractivity contribution >= 4 is 22.9 Å². The first-order valence-electron chi connectivity index (χ1n) is 11.0. The van der Waals surface area contributed by atoms with Gasteiger partial charge in [-0.3, -0.25) is 4.79 Å². The van der Waals surface area contributed by atoms with Crippen molar-refractivity contribution in [3.05, 3.63) is 48.3 Å². The Morgan fingerprint density at radius 3 is 2.31 bits per heavy atom. The molecule has 1 amide bonds.